The van der Waals surface area contributed by atoms with Crippen molar-refractivity contribution in [2.45, 2.75) is 44.2 Å². The Bertz CT molecular complexity index is 768. The third-order valence-corrected chi connectivity index (χ3v) is 6.20. The van der Waals surface area contributed by atoms with Crippen LogP contribution in [0.5, 0.6) is 0 Å². The molecule has 4 nitrogen and oxygen atoms in total. The van der Waals surface area contributed by atoms with Crippen LogP contribution in [-0.4, -0.2) is 34.0 Å². The maximum Gasteiger partial charge on any atom is 0.326 e. The number of aliphatic carboxylic acids is 1. The molecule has 0 bridgehead atoms. The van der Waals surface area contributed by atoms with Crippen LogP contribution in [0.4, 0.5) is 0 Å². The van der Waals surface area contributed by atoms with Gasteiger partial charge < -0.3 is 10.0 Å². The van der Waals surface area contributed by atoms with Crippen LogP contribution in [0.3, 0.4) is 0 Å². The first-order valence-corrected chi connectivity index (χ1v) is 9.06. The van der Waals surface area contributed by atoms with Gasteiger partial charge in [0.2, 0.25) is 0 Å². The minimum atomic E-state index is -0.871. The molecule has 2 aliphatic rings. The Balaban J connectivity index is 1.70. The second-order valence-corrected chi connectivity index (χ2v) is 7.53. The van der Waals surface area contributed by atoms with E-state index in [1.165, 1.54) is 0 Å². The molecule has 1 N–H and O–H groups in total. The Kier molecular flexibility index (Phi) is 3.60. The van der Waals surface area contributed by atoms with Crippen LogP contribution < -0.4 is 0 Å². The number of likely N-dealkylation sites (tertiary alicyclic amines) is 1. The molecule has 1 aromatic heterocycles. The number of nitrogens with zero attached hydrogens (tertiary/aromatic N) is 1. The molecule has 4 rings (SSSR count). The maximum atomic E-state index is 13.0. The van der Waals surface area contributed by atoms with E-state index in [-0.39, 0.29) is 11.9 Å². The lowest BCUT2D eigenvalue weighted by molar-refractivity contribution is -0.141. The number of fused-ring (bicyclic) bond motifs is 2. The number of amides is 1. The summed E-state index contributed by atoms with van der Waals surface area (Å²) in [6, 6.07) is 7.10. The molecule has 1 saturated heterocycles. The number of carboxylic acid groups (broad SMARTS) is 1. The highest BCUT2D eigenvalue weighted by molar-refractivity contribution is 7.17. The highest BCUT2D eigenvalue weighted by Crippen LogP contribution is 2.40. The summed E-state index contributed by atoms with van der Waals surface area (Å²) in [5.74, 6) is -0.650. The van der Waals surface area contributed by atoms with Crippen LogP contribution in [0.25, 0.3) is 10.1 Å². The molecule has 23 heavy (non-hydrogen) atoms. The Morgan fingerprint density at radius 3 is 2.83 bits per heavy atom. The highest BCUT2D eigenvalue weighted by Gasteiger charge is 2.47. The summed E-state index contributed by atoms with van der Waals surface area (Å²) in [6.45, 7) is 0. The normalized spacial score (nSPS) is 27.1. The predicted octanol–water partition coefficient (Wildman–Crippen LogP) is 3.76. The van der Waals surface area contributed by atoms with E-state index in [1.807, 2.05) is 29.6 Å². The van der Waals surface area contributed by atoms with E-state index in [1.54, 1.807) is 16.2 Å². The fraction of sp³-hybridized carbons (Fsp3) is 0.444. The van der Waals surface area contributed by atoms with Gasteiger partial charge in [-0.3, -0.25) is 4.79 Å². The monoisotopic (exact) mass is 329 g/mol. The van der Waals surface area contributed by atoms with Crippen molar-refractivity contribution in [2.24, 2.45) is 5.92 Å². The molecule has 2 aromatic rings. The van der Waals surface area contributed by atoms with Gasteiger partial charge in [-0.15, -0.1) is 11.3 Å². The SMILES string of the molecule is O=C(O)C1CC2CCCCC2N1C(=O)c1ccc2sccc2c1. The minimum Gasteiger partial charge on any atom is -0.480 e. The van der Waals surface area contributed by atoms with Crippen LogP contribution in [0.2, 0.25) is 0 Å². The van der Waals surface area contributed by atoms with Crippen molar-refractivity contribution in [3.8, 4) is 0 Å². The van der Waals surface area contributed by atoms with Crippen LogP contribution in [0, 0.1) is 5.92 Å². The van der Waals surface area contributed by atoms with Gasteiger partial charge in [-0.05, 0) is 60.2 Å². The zero-order valence-electron chi connectivity index (χ0n) is 12.8. The smallest absolute Gasteiger partial charge is 0.326 e. The van der Waals surface area contributed by atoms with E-state index in [9.17, 15) is 14.7 Å². The third-order valence-electron chi connectivity index (χ3n) is 5.31. The zero-order valence-corrected chi connectivity index (χ0v) is 13.6. The highest BCUT2D eigenvalue weighted by atomic mass is 32.1. The lowest BCUT2D eigenvalue weighted by Gasteiger charge is -2.33. The lowest BCUT2D eigenvalue weighted by Crippen LogP contribution is -2.46. The van der Waals surface area contributed by atoms with E-state index in [4.69, 9.17) is 0 Å². The molecule has 1 aromatic carbocycles. The van der Waals surface area contributed by atoms with Gasteiger partial charge in [-0.25, -0.2) is 4.79 Å². The summed E-state index contributed by atoms with van der Waals surface area (Å²) in [4.78, 5) is 26.4. The van der Waals surface area contributed by atoms with E-state index < -0.39 is 12.0 Å². The molecule has 2 heterocycles. The van der Waals surface area contributed by atoms with Crippen LogP contribution in [-0.2, 0) is 4.79 Å². The minimum absolute atomic E-state index is 0.0931. The quantitative estimate of drug-likeness (QED) is 0.912. The molecule has 1 saturated carbocycles. The summed E-state index contributed by atoms with van der Waals surface area (Å²) < 4.78 is 1.15. The molecule has 3 atom stereocenters. The van der Waals surface area contributed by atoms with Crippen molar-refractivity contribution in [2.75, 3.05) is 0 Å². The third kappa shape index (κ3) is 2.43. The standard InChI is InChI=1S/C18H19NO3S/c20-17(13-5-6-16-12(9-13)7-8-23-16)19-14-4-2-1-3-11(14)10-15(19)18(21)22/h5-9,11,14-15H,1-4,10H2,(H,21,22). The van der Waals surface area contributed by atoms with Gasteiger partial charge >= 0.3 is 5.97 Å². The van der Waals surface area contributed by atoms with Gasteiger partial charge in [0.15, 0.2) is 0 Å². The Morgan fingerprint density at radius 2 is 2.00 bits per heavy atom. The topological polar surface area (TPSA) is 57.6 Å². The van der Waals surface area contributed by atoms with Crippen molar-refractivity contribution in [3.63, 3.8) is 0 Å². The van der Waals surface area contributed by atoms with Gasteiger partial charge in [-0.1, -0.05) is 12.8 Å². The Morgan fingerprint density at radius 1 is 1.17 bits per heavy atom. The maximum absolute atomic E-state index is 13.0. The summed E-state index contributed by atoms with van der Waals surface area (Å²) in [5, 5.41) is 12.6. The molecule has 2 fully saturated rings. The molecule has 5 heteroatoms. The average Bonchev–Trinajstić information content (AvgIpc) is 3.17. The van der Waals surface area contributed by atoms with E-state index in [0.717, 1.165) is 35.8 Å². The van der Waals surface area contributed by atoms with Gasteiger partial charge in [0, 0.05) is 16.3 Å². The second-order valence-electron chi connectivity index (χ2n) is 6.59. The number of rotatable bonds is 2. The molecular weight excluding hydrogens is 310 g/mol. The average molecular weight is 329 g/mol. The predicted molar refractivity (Wildman–Crippen MR) is 89.8 cm³/mol. The molecule has 0 radical (unpaired) electrons. The first-order valence-electron chi connectivity index (χ1n) is 8.18. The second kappa shape index (κ2) is 5.64. The van der Waals surface area contributed by atoms with Crippen LogP contribution in [0.15, 0.2) is 29.6 Å². The fourth-order valence-electron chi connectivity index (χ4n) is 4.22. The number of carbonyl (C=O) groups is 2. The van der Waals surface area contributed by atoms with Crippen molar-refractivity contribution >= 4 is 33.3 Å². The van der Waals surface area contributed by atoms with E-state index >= 15 is 0 Å². The number of benzene rings is 1. The molecule has 1 aliphatic carbocycles. The van der Waals surface area contributed by atoms with Gasteiger partial charge in [0.25, 0.3) is 5.91 Å². The molecular formula is C18H19NO3S. The van der Waals surface area contributed by atoms with Gasteiger partial charge in [0.1, 0.15) is 6.04 Å². The molecule has 1 amide bonds. The number of hydrogen-bond acceptors (Lipinski definition) is 3. The number of carbonyl (C=O) groups excluding carboxylic acids is 1. The molecule has 1 aliphatic heterocycles. The molecule has 3 unspecified atom stereocenters. The van der Waals surface area contributed by atoms with E-state index in [2.05, 4.69) is 0 Å². The van der Waals surface area contributed by atoms with E-state index in [0.29, 0.717) is 17.9 Å². The van der Waals surface area contributed by atoms with Crippen molar-refractivity contribution in [3.05, 3.63) is 35.2 Å². The van der Waals surface area contributed by atoms with Crippen LogP contribution >= 0.6 is 11.3 Å². The summed E-state index contributed by atoms with van der Waals surface area (Å²) >= 11 is 1.64. The lowest BCUT2D eigenvalue weighted by atomic mass is 9.84. The fourth-order valence-corrected chi connectivity index (χ4v) is 4.99. The number of thiophene rings is 1. The Hall–Kier alpha value is -1.88. The summed E-state index contributed by atoms with van der Waals surface area (Å²) in [6.07, 6.45) is 4.81. The number of hydrogen-bond donors (Lipinski definition) is 1. The van der Waals surface area contributed by atoms with Crippen LogP contribution in [0.1, 0.15) is 42.5 Å². The summed E-state index contributed by atoms with van der Waals surface area (Å²) in [7, 11) is 0. The first-order chi connectivity index (χ1) is 11.1. The summed E-state index contributed by atoms with van der Waals surface area (Å²) in [5.41, 5.74) is 0.605. The van der Waals surface area contributed by atoms with Crippen molar-refractivity contribution in [1.29, 1.82) is 0 Å². The van der Waals surface area contributed by atoms with Crippen molar-refractivity contribution < 1.29 is 14.7 Å². The largest absolute Gasteiger partial charge is 0.480 e. The molecule has 120 valence electrons. The Labute approximate surface area is 138 Å². The van der Waals surface area contributed by atoms with Gasteiger partial charge in [-0.2, -0.15) is 0 Å². The number of carboxylic acids is 1. The van der Waals surface area contributed by atoms with Gasteiger partial charge in [0.05, 0.1) is 0 Å². The molecule has 0 spiro atoms. The first kappa shape index (κ1) is 14.7. The zero-order chi connectivity index (χ0) is 16.0. The van der Waals surface area contributed by atoms with Crippen molar-refractivity contribution in [1.82, 2.24) is 4.90 Å².